The smallest absolute Gasteiger partial charge is 0.240 e. The zero-order valence-electron chi connectivity index (χ0n) is 11.4. The van der Waals surface area contributed by atoms with E-state index in [1.54, 1.807) is 0 Å². The van der Waals surface area contributed by atoms with E-state index in [1.165, 1.54) is 0 Å². The van der Waals surface area contributed by atoms with Gasteiger partial charge in [-0.25, -0.2) is 0 Å². The molecule has 0 aliphatic heterocycles. The van der Waals surface area contributed by atoms with Crippen LogP contribution in [0.5, 0.6) is 0 Å². The van der Waals surface area contributed by atoms with Gasteiger partial charge < -0.3 is 5.32 Å². The number of amides is 1. The number of nitrogens with one attached hydrogen (secondary N) is 2. The van der Waals surface area contributed by atoms with Gasteiger partial charge >= 0.3 is 0 Å². The van der Waals surface area contributed by atoms with E-state index < -0.39 is 5.54 Å². The van der Waals surface area contributed by atoms with Crippen molar-refractivity contribution in [1.82, 2.24) is 10.6 Å². The third kappa shape index (κ3) is 6.50. The van der Waals surface area contributed by atoms with Crippen LogP contribution in [-0.2, 0) is 4.79 Å². The monoisotopic (exact) mass is 214 g/mol. The number of hydrogen-bond donors (Lipinski definition) is 2. The topological polar surface area (TPSA) is 41.1 Å². The highest BCUT2D eigenvalue weighted by atomic mass is 16.2. The van der Waals surface area contributed by atoms with Crippen LogP contribution >= 0.6 is 0 Å². The molecule has 0 spiro atoms. The van der Waals surface area contributed by atoms with E-state index in [9.17, 15) is 4.79 Å². The van der Waals surface area contributed by atoms with Gasteiger partial charge in [0, 0.05) is 11.1 Å². The summed E-state index contributed by atoms with van der Waals surface area (Å²) in [6.07, 6.45) is 0. The van der Waals surface area contributed by atoms with E-state index in [0.29, 0.717) is 0 Å². The van der Waals surface area contributed by atoms with Crippen LogP contribution in [0.15, 0.2) is 0 Å². The molecule has 3 nitrogen and oxygen atoms in total. The Labute approximate surface area is 94.0 Å². The third-order valence-electron chi connectivity index (χ3n) is 1.74. The fourth-order valence-corrected chi connectivity index (χ4v) is 1.49. The lowest BCUT2D eigenvalue weighted by molar-refractivity contribution is -0.128. The van der Waals surface area contributed by atoms with Crippen LogP contribution in [0.3, 0.4) is 0 Å². The molecular formula is C12H26N2O. The lowest BCUT2D eigenvalue weighted by atomic mass is 9.96. The Morgan fingerprint density at radius 2 is 1.20 bits per heavy atom. The van der Waals surface area contributed by atoms with Crippen molar-refractivity contribution in [1.29, 1.82) is 0 Å². The summed E-state index contributed by atoms with van der Waals surface area (Å²) in [6, 6.07) is 0. The molecule has 15 heavy (non-hydrogen) atoms. The number of hydrogen-bond acceptors (Lipinski definition) is 2. The highest BCUT2D eigenvalue weighted by molar-refractivity contribution is 5.86. The molecule has 3 heteroatoms. The number of carbonyl (C=O) groups excluding carboxylic acids is 1. The molecule has 0 rings (SSSR count). The molecule has 0 atom stereocenters. The molecule has 0 heterocycles. The van der Waals surface area contributed by atoms with E-state index in [4.69, 9.17) is 0 Å². The molecule has 0 saturated heterocycles. The van der Waals surface area contributed by atoms with E-state index >= 15 is 0 Å². The van der Waals surface area contributed by atoms with Gasteiger partial charge in [0.05, 0.1) is 5.54 Å². The van der Waals surface area contributed by atoms with Crippen molar-refractivity contribution in [2.75, 3.05) is 0 Å². The van der Waals surface area contributed by atoms with Gasteiger partial charge in [0.15, 0.2) is 0 Å². The predicted octanol–water partition coefficient (Wildman–Crippen LogP) is 2.07. The van der Waals surface area contributed by atoms with Crippen LogP contribution in [0.1, 0.15) is 55.4 Å². The summed E-state index contributed by atoms with van der Waals surface area (Å²) in [4.78, 5) is 12.0. The minimum Gasteiger partial charge on any atom is -0.350 e. The summed E-state index contributed by atoms with van der Waals surface area (Å²) < 4.78 is 0. The van der Waals surface area contributed by atoms with Crippen molar-refractivity contribution >= 4 is 5.91 Å². The maximum Gasteiger partial charge on any atom is 0.240 e. The maximum absolute atomic E-state index is 12.0. The van der Waals surface area contributed by atoms with Crippen LogP contribution < -0.4 is 10.6 Å². The van der Waals surface area contributed by atoms with Crippen LogP contribution in [0.25, 0.3) is 0 Å². The van der Waals surface area contributed by atoms with Gasteiger partial charge in [-0.15, -0.1) is 0 Å². The first-order valence-electron chi connectivity index (χ1n) is 5.45. The molecule has 0 saturated carbocycles. The lowest BCUT2D eigenvalue weighted by Crippen LogP contribution is -2.61. The Morgan fingerprint density at radius 3 is 1.47 bits per heavy atom. The zero-order valence-corrected chi connectivity index (χ0v) is 11.4. The number of rotatable bonds is 2. The second-order valence-corrected chi connectivity index (χ2v) is 6.70. The van der Waals surface area contributed by atoms with Crippen LogP contribution in [0, 0.1) is 0 Å². The molecule has 0 aliphatic carbocycles. The zero-order chi connectivity index (χ0) is 12.5. The van der Waals surface area contributed by atoms with Gasteiger partial charge in [-0.05, 0) is 55.4 Å². The number of carbonyl (C=O) groups is 1. The first kappa shape index (κ1) is 14.4. The summed E-state index contributed by atoms with van der Waals surface area (Å²) in [5.41, 5.74) is -0.807. The highest BCUT2D eigenvalue weighted by Crippen LogP contribution is 2.12. The lowest BCUT2D eigenvalue weighted by Gasteiger charge is -2.36. The molecule has 2 N–H and O–H groups in total. The first-order valence-corrected chi connectivity index (χ1v) is 5.45. The van der Waals surface area contributed by atoms with Crippen LogP contribution in [0.4, 0.5) is 0 Å². The normalized spacial score (nSPS) is 13.9. The average Bonchev–Trinajstić information content (AvgIpc) is 1.75. The minimum absolute atomic E-state index is 0.0323. The molecule has 0 bridgehead atoms. The molecule has 0 aromatic heterocycles. The summed E-state index contributed by atoms with van der Waals surface area (Å²) >= 11 is 0. The van der Waals surface area contributed by atoms with Crippen LogP contribution in [0.2, 0.25) is 0 Å². The summed E-state index contributed by atoms with van der Waals surface area (Å²) in [6.45, 7) is 15.9. The molecule has 0 unspecified atom stereocenters. The predicted molar refractivity (Wildman–Crippen MR) is 64.9 cm³/mol. The fraction of sp³-hybridized carbons (Fsp3) is 0.917. The quantitative estimate of drug-likeness (QED) is 0.739. The van der Waals surface area contributed by atoms with Crippen molar-refractivity contribution in [2.45, 2.75) is 72.0 Å². The third-order valence-corrected chi connectivity index (χ3v) is 1.74. The van der Waals surface area contributed by atoms with E-state index in [1.807, 2.05) is 34.6 Å². The molecular weight excluding hydrogens is 188 g/mol. The minimum atomic E-state index is -0.550. The maximum atomic E-state index is 12.0. The van der Waals surface area contributed by atoms with Gasteiger partial charge in [0.25, 0.3) is 0 Å². The Bertz CT molecular complexity index is 231. The van der Waals surface area contributed by atoms with Crippen molar-refractivity contribution < 1.29 is 4.79 Å². The van der Waals surface area contributed by atoms with E-state index in [2.05, 4.69) is 31.4 Å². The van der Waals surface area contributed by atoms with Gasteiger partial charge in [-0.3, -0.25) is 10.1 Å². The van der Waals surface area contributed by atoms with E-state index in [0.717, 1.165) is 0 Å². The first-order chi connectivity index (χ1) is 6.33. The Hall–Kier alpha value is -0.570. The molecule has 0 fully saturated rings. The Balaban J connectivity index is 4.54. The van der Waals surface area contributed by atoms with E-state index in [-0.39, 0.29) is 17.0 Å². The van der Waals surface area contributed by atoms with Gasteiger partial charge in [-0.1, -0.05) is 0 Å². The molecule has 0 aromatic rings. The Kier molecular flexibility index (Phi) is 3.97. The summed E-state index contributed by atoms with van der Waals surface area (Å²) in [5.74, 6) is 0.0323. The van der Waals surface area contributed by atoms with Gasteiger partial charge in [0.1, 0.15) is 0 Å². The SMILES string of the molecule is CC(C)(C)NC(=O)C(C)(C)NC(C)(C)C. The van der Waals surface area contributed by atoms with Crippen molar-refractivity contribution in [2.24, 2.45) is 0 Å². The molecule has 0 radical (unpaired) electrons. The largest absolute Gasteiger partial charge is 0.350 e. The van der Waals surface area contributed by atoms with Crippen molar-refractivity contribution in [3.8, 4) is 0 Å². The van der Waals surface area contributed by atoms with Gasteiger partial charge in [-0.2, -0.15) is 0 Å². The average molecular weight is 214 g/mol. The molecule has 1 amide bonds. The highest BCUT2D eigenvalue weighted by Gasteiger charge is 2.33. The summed E-state index contributed by atoms with van der Waals surface area (Å²) in [7, 11) is 0. The van der Waals surface area contributed by atoms with Crippen molar-refractivity contribution in [3.05, 3.63) is 0 Å². The Morgan fingerprint density at radius 1 is 0.800 bits per heavy atom. The standard InChI is InChI=1S/C12H26N2O/c1-10(2,3)13-9(15)12(7,8)14-11(4,5)6/h14H,1-8H3,(H,13,15). The van der Waals surface area contributed by atoms with Crippen molar-refractivity contribution in [3.63, 3.8) is 0 Å². The second kappa shape index (κ2) is 4.12. The van der Waals surface area contributed by atoms with Gasteiger partial charge in [0.2, 0.25) is 5.91 Å². The molecule has 0 aromatic carbocycles. The molecule has 90 valence electrons. The second-order valence-electron chi connectivity index (χ2n) is 6.70. The van der Waals surface area contributed by atoms with Crippen LogP contribution in [-0.4, -0.2) is 22.5 Å². The molecule has 0 aliphatic rings. The fourth-order valence-electron chi connectivity index (χ4n) is 1.49. The summed E-state index contributed by atoms with van der Waals surface area (Å²) in [5, 5.41) is 6.29.